The molecule has 0 spiro atoms. The minimum absolute atomic E-state index is 0.508. The first-order chi connectivity index (χ1) is 10.4. The minimum Gasteiger partial charge on any atom is -0.493 e. The zero-order chi connectivity index (χ0) is 14.2. The molecule has 4 atom stereocenters. The van der Waals surface area contributed by atoms with Crippen molar-refractivity contribution in [1.29, 1.82) is 0 Å². The Labute approximate surface area is 128 Å². The fourth-order valence-electron chi connectivity index (χ4n) is 4.98. The zero-order valence-electron chi connectivity index (χ0n) is 13.1. The molecule has 2 aliphatic carbocycles. The van der Waals surface area contributed by atoms with Crippen LogP contribution in [0.5, 0.6) is 5.75 Å². The molecule has 4 unspecified atom stereocenters. The Hall–Kier alpha value is -1.02. The van der Waals surface area contributed by atoms with Gasteiger partial charge in [-0.15, -0.1) is 0 Å². The van der Waals surface area contributed by atoms with Crippen LogP contribution in [-0.4, -0.2) is 13.2 Å². The van der Waals surface area contributed by atoms with Gasteiger partial charge >= 0.3 is 0 Å². The number of ether oxygens (including phenoxy) is 1. The molecule has 114 valence electrons. The third kappa shape index (κ3) is 2.38. The van der Waals surface area contributed by atoms with Gasteiger partial charge in [0, 0.05) is 18.0 Å². The summed E-state index contributed by atoms with van der Waals surface area (Å²) in [6.45, 7) is 4.24. The van der Waals surface area contributed by atoms with Crippen LogP contribution in [0.2, 0.25) is 0 Å². The third-order valence-electron chi connectivity index (χ3n) is 5.92. The summed E-state index contributed by atoms with van der Waals surface area (Å²) < 4.78 is 5.99. The zero-order valence-corrected chi connectivity index (χ0v) is 13.1. The highest BCUT2D eigenvalue weighted by molar-refractivity contribution is 5.46. The van der Waals surface area contributed by atoms with E-state index in [9.17, 15) is 0 Å². The predicted molar refractivity (Wildman–Crippen MR) is 85.6 cm³/mol. The van der Waals surface area contributed by atoms with E-state index in [2.05, 4.69) is 30.4 Å². The molecule has 0 saturated heterocycles. The van der Waals surface area contributed by atoms with Crippen LogP contribution in [-0.2, 0) is 6.42 Å². The molecule has 0 radical (unpaired) electrons. The predicted octanol–water partition coefficient (Wildman–Crippen LogP) is 4.10. The number of nitrogens with one attached hydrogen (secondary N) is 1. The molecule has 2 saturated carbocycles. The fourth-order valence-corrected chi connectivity index (χ4v) is 4.98. The van der Waals surface area contributed by atoms with Gasteiger partial charge in [-0.1, -0.05) is 31.5 Å². The maximum atomic E-state index is 5.99. The van der Waals surface area contributed by atoms with E-state index in [1.54, 1.807) is 0 Å². The number of benzene rings is 1. The Kier molecular flexibility index (Phi) is 3.66. The third-order valence-corrected chi connectivity index (χ3v) is 5.92. The minimum atomic E-state index is 0.508. The summed E-state index contributed by atoms with van der Waals surface area (Å²) in [5, 5.41) is 3.86. The van der Waals surface area contributed by atoms with Crippen LogP contribution < -0.4 is 10.1 Å². The van der Waals surface area contributed by atoms with Crippen molar-refractivity contribution in [2.75, 3.05) is 13.2 Å². The molecule has 2 heteroatoms. The van der Waals surface area contributed by atoms with Crippen molar-refractivity contribution in [3.8, 4) is 5.75 Å². The molecule has 1 aromatic rings. The van der Waals surface area contributed by atoms with E-state index in [-0.39, 0.29) is 0 Å². The quantitative estimate of drug-likeness (QED) is 0.879. The van der Waals surface area contributed by atoms with Gasteiger partial charge in [0.25, 0.3) is 0 Å². The molecule has 0 amide bonds. The number of hydrogen-bond acceptors (Lipinski definition) is 2. The molecule has 1 aromatic carbocycles. The van der Waals surface area contributed by atoms with Crippen molar-refractivity contribution >= 4 is 0 Å². The van der Waals surface area contributed by atoms with Gasteiger partial charge in [-0.05, 0) is 55.5 Å². The Bertz CT molecular complexity index is 512. The average Bonchev–Trinajstić information content (AvgIpc) is 3.23. The van der Waals surface area contributed by atoms with Crippen LogP contribution in [0.4, 0.5) is 0 Å². The summed E-state index contributed by atoms with van der Waals surface area (Å²) in [6, 6.07) is 7.29. The van der Waals surface area contributed by atoms with Gasteiger partial charge in [0.15, 0.2) is 0 Å². The van der Waals surface area contributed by atoms with E-state index < -0.39 is 0 Å². The van der Waals surface area contributed by atoms with Gasteiger partial charge in [0.1, 0.15) is 5.75 Å². The number of rotatable bonds is 5. The largest absolute Gasteiger partial charge is 0.493 e. The molecule has 4 rings (SSSR count). The highest BCUT2D eigenvalue weighted by Gasteiger charge is 2.44. The first-order valence-electron chi connectivity index (χ1n) is 8.84. The van der Waals surface area contributed by atoms with Crippen LogP contribution in [0.25, 0.3) is 0 Å². The van der Waals surface area contributed by atoms with E-state index in [4.69, 9.17) is 4.74 Å². The molecular weight excluding hydrogens is 258 g/mol. The van der Waals surface area contributed by atoms with Crippen molar-refractivity contribution in [2.45, 2.75) is 51.5 Å². The molecule has 1 aliphatic heterocycles. The Morgan fingerprint density at radius 1 is 1.29 bits per heavy atom. The normalized spacial score (nSPS) is 31.2. The summed E-state index contributed by atoms with van der Waals surface area (Å²) >= 11 is 0. The molecular formula is C19H27NO. The van der Waals surface area contributed by atoms with Crippen LogP contribution >= 0.6 is 0 Å². The molecule has 1 heterocycles. The second kappa shape index (κ2) is 5.64. The molecule has 1 N–H and O–H groups in total. The Balaban J connectivity index is 1.65. The number of fused-ring (bicyclic) bond motifs is 3. The summed E-state index contributed by atoms with van der Waals surface area (Å²) in [6.07, 6.45) is 8.12. The lowest BCUT2D eigenvalue weighted by Crippen LogP contribution is -2.32. The Morgan fingerprint density at radius 3 is 3.00 bits per heavy atom. The van der Waals surface area contributed by atoms with E-state index in [0.29, 0.717) is 6.04 Å². The standard InChI is InChI=1S/C19H27NO/c1-2-9-20-18(17-12-13-6-7-15(17)11-13)16-5-3-4-14-8-10-21-19(14)16/h3-5,13,15,17-18,20H,2,6-12H2,1H3. The van der Waals surface area contributed by atoms with Gasteiger partial charge in [-0.3, -0.25) is 0 Å². The molecule has 3 aliphatic rings. The summed E-state index contributed by atoms with van der Waals surface area (Å²) in [5.41, 5.74) is 2.86. The smallest absolute Gasteiger partial charge is 0.127 e. The topological polar surface area (TPSA) is 21.3 Å². The second-order valence-electron chi connectivity index (χ2n) is 7.20. The van der Waals surface area contributed by atoms with E-state index in [1.807, 2.05) is 0 Å². The van der Waals surface area contributed by atoms with Crippen LogP contribution in [0.15, 0.2) is 18.2 Å². The van der Waals surface area contributed by atoms with Gasteiger partial charge < -0.3 is 10.1 Å². The number of para-hydroxylation sites is 1. The maximum absolute atomic E-state index is 5.99. The van der Waals surface area contributed by atoms with Crippen LogP contribution in [0.3, 0.4) is 0 Å². The average molecular weight is 285 g/mol. The molecule has 2 fully saturated rings. The van der Waals surface area contributed by atoms with Crippen molar-refractivity contribution in [3.05, 3.63) is 29.3 Å². The first-order valence-corrected chi connectivity index (χ1v) is 8.84. The first kappa shape index (κ1) is 13.6. The van der Waals surface area contributed by atoms with Crippen molar-refractivity contribution < 1.29 is 4.74 Å². The van der Waals surface area contributed by atoms with Gasteiger partial charge in [-0.25, -0.2) is 0 Å². The van der Waals surface area contributed by atoms with Crippen molar-refractivity contribution in [1.82, 2.24) is 5.32 Å². The molecule has 0 aromatic heterocycles. The monoisotopic (exact) mass is 285 g/mol. The summed E-state index contributed by atoms with van der Waals surface area (Å²) in [5.74, 6) is 3.98. The molecule has 2 nitrogen and oxygen atoms in total. The summed E-state index contributed by atoms with van der Waals surface area (Å²) in [7, 11) is 0. The highest BCUT2D eigenvalue weighted by Crippen LogP contribution is 2.53. The maximum Gasteiger partial charge on any atom is 0.127 e. The van der Waals surface area contributed by atoms with Gasteiger partial charge in [0.05, 0.1) is 6.61 Å². The fraction of sp³-hybridized carbons (Fsp3) is 0.684. The second-order valence-corrected chi connectivity index (χ2v) is 7.20. The lowest BCUT2D eigenvalue weighted by Gasteiger charge is -2.32. The van der Waals surface area contributed by atoms with Gasteiger partial charge in [-0.2, -0.15) is 0 Å². The Morgan fingerprint density at radius 2 is 2.24 bits per heavy atom. The van der Waals surface area contributed by atoms with Gasteiger partial charge in [0.2, 0.25) is 0 Å². The van der Waals surface area contributed by atoms with Crippen molar-refractivity contribution in [2.24, 2.45) is 17.8 Å². The lowest BCUT2D eigenvalue weighted by molar-refractivity contribution is 0.244. The SMILES string of the molecule is CCCNC(c1cccc2c1OCC2)C1CC2CCC1C2. The lowest BCUT2D eigenvalue weighted by atomic mass is 9.80. The molecule has 2 bridgehead atoms. The highest BCUT2D eigenvalue weighted by atomic mass is 16.5. The van der Waals surface area contributed by atoms with Crippen LogP contribution in [0.1, 0.15) is 56.2 Å². The van der Waals surface area contributed by atoms with E-state index in [1.165, 1.54) is 49.0 Å². The van der Waals surface area contributed by atoms with E-state index >= 15 is 0 Å². The molecule has 21 heavy (non-hydrogen) atoms. The van der Waals surface area contributed by atoms with E-state index in [0.717, 1.165) is 37.3 Å². The van der Waals surface area contributed by atoms with Crippen molar-refractivity contribution in [3.63, 3.8) is 0 Å². The number of hydrogen-bond donors (Lipinski definition) is 1. The summed E-state index contributed by atoms with van der Waals surface area (Å²) in [4.78, 5) is 0. The van der Waals surface area contributed by atoms with Crippen LogP contribution in [0, 0.1) is 17.8 Å².